The second-order valence-corrected chi connectivity index (χ2v) is 4.50. The van der Waals surface area contributed by atoms with Gasteiger partial charge in [0.05, 0.1) is 33.7 Å². The number of fused-ring (bicyclic) bond motifs is 1. The Balaban J connectivity index is 2.08. The molecule has 1 aromatic heterocycles. The minimum atomic E-state index is 0.475. The highest BCUT2D eigenvalue weighted by atomic mass is 35.5. The SMILES string of the molecule is N#Cc1ccc(Cl)c(Nc2ccc(N)c3nonc23)c1. The summed E-state index contributed by atoms with van der Waals surface area (Å²) < 4.78 is 4.69. The molecule has 0 aliphatic carbocycles. The molecule has 0 saturated heterocycles. The van der Waals surface area contributed by atoms with Crippen molar-refractivity contribution in [2.75, 3.05) is 11.1 Å². The van der Waals surface area contributed by atoms with Crippen molar-refractivity contribution in [3.8, 4) is 6.07 Å². The number of nitrogen functional groups attached to an aromatic ring is 1. The fraction of sp³-hybridized carbons (Fsp3) is 0. The number of halogens is 1. The molecule has 3 rings (SSSR count). The molecule has 0 spiro atoms. The number of nitriles is 1. The molecular weight excluding hydrogens is 278 g/mol. The third-order valence-electron chi connectivity index (χ3n) is 2.81. The first-order valence-electron chi connectivity index (χ1n) is 5.66. The van der Waals surface area contributed by atoms with Gasteiger partial charge in [0.2, 0.25) is 0 Å². The maximum Gasteiger partial charge on any atom is 0.160 e. The predicted octanol–water partition coefficient (Wildman–Crippen LogP) is 3.07. The van der Waals surface area contributed by atoms with Crippen molar-refractivity contribution >= 4 is 39.7 Å². The number of benzene rings is 2. The minimum Gasteiger partial charge on any atom is -0.397 e. The molecular formula is C13H8ClN5O. The van der Waals surface area contributed by atoms with Gasteiger partial charge in [0, 0.05) is 0 Å². The first kappa shape index (κ1) is 12.3. The van der Waals surface area contributed by atoms with E-state index >= 15 is 0 Å². The molecule has 98 valence electrons. The molecule has 7 heteroatoms. The van der Waals surface area contributed by atoms with Crippen LogP contribution in [0.25, 0.3) is 11.0 Å². The molecule has 2 aromatic carbocycles. The third-order valence-corrected chi connectivity index (χ3v) is 3.14. The van der Waals surface area contributed by atoms with Gasteiger partial charge in [0.25, 0.3) is 0 Å². The minimum absolute atomic E-state index is 0.475. The second kappa shape index (κ2) is 4.72. The van der Waals surface area contributed by atoms with E-state index in [4.69, 9.17) is 27.2 Å². The molecule has 0 amide bonds. The molecule has 1 heterocycles. The van der Waals surface area contributed by atoms with Crippen LogP contribution in [0.3, 0.4) is 0 Å². The Morgan fingerprint density at radius 3 is 2.75 bits per heavy atom. The van der Waals surface area contributed by atoms with E-state index in [1.54, 1.807) is 30.3 Å². The summed E-state index contributed by atoms with van der Waals surface area (Å²) in [6.45, 7) is 0. The van der Waals surface area contributed by atoms with Crippen LogP contribution in [-0.4, -0.2) is 10.3 Å². The van der Waals surface area contributed by atoms with E-state index in [2.05, 4.69) is 21.7 Å². The van der Waals surface area contributed by atoms with Gasteiger partial charge in [0.1, 0.15) is 0 Å². The van der Waals surface area contributed by atoms with Crippen molar-refractivity contribution in [1.29, 1.82) is 5.26 Å². The summed E-state index contributed by atoms with van der Waals surface area (Å²) in [4.78, 5) is 0. The molecule has 3 aromatic rings. The normalized spacial score (nSPS) is 10.4. The number of rotatable bonds is 2. The Kier molecular flexibility index (Phi) is 2.89. The smallest absolute Gasteiger partial charge is 0.160 e. The van der Waals surface area contributed by atoms with Crippen LogP contribution in [0.4, 0.5) is 17.1 Å². The highest BCUT2D eigenvalue weighted by Crippen LogP contribution is 2.31. The van der Waals surface area contributed by atoms with Gasteiger partial charge in [-0.3, -0.25) is 0 Å². The lowest BCUT2D eigenvalue weighted by Crippen LogP contribution is -1.95. The van der Waals surface area contributed by atoms with Crippen molar-refractivity contribution in [3.05, 3.63) is 40.9 Å². The molecule has 0 aliphatic heterocycles. The molecule has 0 unspecified atom stereocenters. The van der Waals surface area contributed by atoms with Crippen LogP contribution in [0.1, 0.15) is 5.56 Å². The lowest BCUT2D eigenvalue weighted by molar-refractivity contribution is 0.316. The van der Waals surface area contributed by atoms with Crippen LogP contribution in [0.5, 0.6) is 0 Å². The monoisotopic (exact) mass is 285 g/mol. The van der Waals surface area contributed by atoms with Gasteiger partial charge in [-0.05, 0) is 40.6 Å². The van der Waals surface area contributed by atoms with Crippen LogP contribution in [-0.2, 0) is 0 Å². The second-order valence-electron chi connectivity index (χ2n) is 4.10. The lowest BCUT2D eigenvalue weighted by Gasteiger charge is -2.09. The molecule has 3 N–H and O–H groups in total. The average Bonchev–Trinajstić information content (AvgIpc) is 2.94. The fourth-order valence-electron chi connectivity index (χ4n) is 1.82. The van der Waals surface area contributed by atoms with E-state index in [0.29, 0.717) is 38.7 Å². The molecule has 0 bridgehead atoms. The number of hydrogen-bond acceptors (Lipinski definition) is 6. The molecule has 0 fully saturated rings. The van der Waals surface area contributed by atoms with Crippen LogP contribution >= 0.6 is 11.6 Å². The Bertz CT molecular complexity index is 836. The van der Waals surface area contributed by atoms with E-state index in [0.717, 1.165) is 0 Å². The van der Waals surface area contributed by atoms with Gasteiger partial charge in [-0.15, -0.1) is 0 Å². The quantitative estimate of drug-likeness (QED) is 0.702. The Morgan fingerprint density at radius 1 is 1.15 bits per heavy atom. The van der Waals surface area contributed by atoms with Gasteiger partial charge < -0.3 is 11.1 Å². The topological polar surface area (TPSA) is 101 Å². The van der Waals surface area contributed by atoms with Crippen molar-refractivity contribution in [2.45, 2.75) is 0 Å². The summed E-state index contributed by atoms with van der Waals surface area (Å²) >= 11 is 6.10. The molecule has 0 atom stereocenters. The zero-order chi connectivity index (χ0) is 14.1. The number of nitrogens with two attached hydrogens (primary N) is 1. The van der Waals surface area contributed by atoms with Crippen molar-refractivity contribution in [3.63, 3.8) is 0 Å². The standard InChI is InChI=1S/C13H8ClN5O/c14-8-2-1-7(6-15)5-11(8)17-10-4-3-9(16)12-13(10)19-20-18-12/h1-5,17H,16H2. The molecule has 0 radical (unpaired) electrons. The van der Waals surface area contributed by atoms with Crippen molar-refractivity contribution in [2.24, 2.45) is 0 Å². The first-order chi connectivity index (χ1) is 9.69. The van der Waals surface area contributed by atoms with E-state index < -0.39 is 0 Å². The fourth-order valence-corrected chi connectivity index (χ4v) is 1.99. The predicted molar refractivity (Wildman–Crippen MR) is 75.7 cm³/mol. The largest absolute Gasteiger partial charge is 0.397 e. The van der Waals surface area contributed by atoms with Gasteiger partial charge in [0.15, 0.2) is 11.0 Å². The highest BCUT2D eigenvalue weighted by molar-refractivity contribution is 6.33. The Hall–Kier alpha value is -2.78. The van der Waals surface area contributed by atoms with E-state index in [1.807, 2.05) is 0 Å². The van der Waals surface area contributed by atoms with Crippen LogP contribution in [0, 0.1) is 11.3 Å². The van der Waals surface area contributed by atoms with E-state index in [9.17, 15) is 0 Å². The van der Waals surface area contributed by atoms with Gasteiger partial charge >= 0.3 is 0 Å². The third kappa shape index (κ3) is 2.00. The first-order valence-corrected chi connectivity index (χ1v) is 6.04. The van der Waals surface area contributed by atoms with Crippen LogP contribution < -0.4 is 11.1 Å². The number of nitrogens with one attached hydrogen (secondary N) is 1. The number of hydrogen-bond donors (Lipinski definition) is 2. The molecule has 0 aliphatic rings. The van der Waals surface area contributed by atoms with Crippen LogP contribution in [0.2, 0.25) is 5.02 Å². The van der Waals surface area contributed by atoms with Gasteiger partial charge in [-0.1, -0.05) is 11.6 Å². The summed E-state index contributed by atoms with van der Waals surface area (Å²) in [5.74, 6) is 0. The molecule has 6 nitrogen and oxygen atoms in total. The summed E-state index contributed by atoms with van der Waals surface area (Å²) in [5, 5.41) is 20.1. The maximum absolute atomic E-state index is 8.92. The number of nitrogens with zero attached hydrogens (tertiary/aromatic N) is 3. The van der Waals surface area contributed by atoms with Gasteiger partial charge in [-0.2, -0.15) is 5.26 Å². The summed E-state index contributed by atoms with van der Waals surface area (Å²) in [7, 11) is 0. The summed E-state index contributed by atoms with van der Waals surface area (Å²) in [5.41, 5.74) is 8.98. The number of anilines is 3. The zero-order valence-corrected chi connectivity index (χ0v) is 10.8. The maximum atomic E-state index is 8.92. The lowest BCUT2D eigenvalue weighted by atomic mass is 10.2. The average molecular weight is 286 g/mol. The van der Waals surface area contributed by atoms with E-state index in [1.165, 1.54) is 0 Å². The summed E-state index contributed by atoms with van der Waals surface area (Å²) in [6, 6.07) is 10.4. The molecule has 20 heavy (non-hydrogen) atoms. The molecule has 0 saturated carbocycles. The Labute approximate surface area is 118 Å². The zero-order valence-electron chi connectivity index (χ0n) is 10.1. The van der Waals surface area contributed by atoms with E-state index in [-0.39, 0.29) is 0 Å². The van der Waals surface area contributed by atoms with Crippen LogP contribution in [0.15, 0.2) is 35.0 Å². The number of aromatic nitrogens is 2. The summed E-state index contributed by atoms with van der Waals surface area (Å²) in [6.07, 6.45) is 0. The Morgan fingerprint density at radius 2 is 1.95 bits per heavy atom. The van der Waals surface area contributed by atoms with Crippen molar-refractivity contribution < 1.29 is 4.63 Å². The van der Waals surface area contributed by atoms with Gasteiger partial charge in [-0.25, -0.2) is 4.63 Å². The highest BCUT2D eigenvalue weighted by Gasteiger charge is 2.11. The van der Waals surface area contributed by atoms with Crippen molar-refractivity contribution in [1.82, 2.24) is 10.3 Å².